The Balaban J connectivity index is 1.83. The molecule has 0 saturated carbocycles. The summed E-state index contributed by atoms with van der Waals surface area (Å²) < 4.78 is 15.6. The van der Waals surface area contributed by atoms with Gasteiger partial charge in [0.15, 0.2) is 11.5 Å². The molecule has 0 N–H and O–H groups in total. The van der Waals surface area contributed by atoms with E-state index >= 15 is 0 Å². The van der Waals surface area contributed by atoms with Crippen LogP contribution in [-0.4, -0.2) is 36.8 Å². The Morgan fingerprint density at radius 1 is 1.06 bits per heavy atom. The van der Waals surface area contributed by atoms with Gasteiger partial charge >= 0.3 is 11.9 Å². The molecule has 166 valence electrons. The molecule has 0 atom stereocenters. The van der Waals surface area contributed by atoms with Crippen molar-refractivity contribution in [2.75, 3.05) is 12.1 Å². The van der Waals surface area contributed by atoms with E-state index in [1.165, 1.54) is 19.0 Å². The second-order valence-electron chi connectivity index (χ2n) is 7.37. The molecule has 1 aliphatic heterocycles. The molecular formula is C24H24N2O6. The second-order valence-corrected chi connectivity index (χ2v) is 7.37. The van der Waals surface area contributed by atoms with Crippen LogP contribution in [0.3, 0.4) is 0 Å². The zero-order valence-electron chi connectivity index (χ0n) is 18.5. The van der Waals surface area contributed by atoms with Gasteiger partial charge in [-0.25, -0.2) is 4.79 Å². The summed E-state index contributed by atoms with van der Waals surface area (Å²) in [6, 6.07) is 11.5. The van der Waals surface area contributed by atoms with Gasteiger partial charge in [0.25, 0.3) is 5.91 Å². The zero-order valence-corrected chi connectivity index (χ0v) is 18.5. The fourth-order valence-corrected chi connectivity index (χ4v) is 3.06. The molecule has 3 rings (SSSR count). The highest BCUT2D eigenvalue weighted by Crippen LogP contribution is 2.31. The Kier molecular flexibility index (Phi) is 6.73. The van der Waals surface area contributed by atoms with Gasteiger partial charge in [0.1, 0.15) is 0 Å². The van der Waals surface area contributed by atoms with Gasteiger partial charge in [-0.2, -0.15) is 10.1 Å². The molecule has 0 bridgehead atoms. The van der Waals surface area contributed by atoms with E-state index in [0.717, 1.165) is 0 Å². The Hall–Kier alpha value is -3.94. The zero-order chi connectivity index (χ0) is 23.4. The number of amides is 1. The summed E-state index contributed by atoms with van der Waals surface area (Å²) in [6.07, 6.45) is 1.47. The molecule has 0 spiro atoms. The van der Waals surface area contributed by atoms with Crippen LogP contribution in [0.2, 0.25) is 0 Å². The third-order valence-electron chi connectivity index (χ3n) is 4.51. The lowest BCUT2D eigenvalue weighted by Crippen LogP contribution is -2.21. The Labute approximate surface area is 186 Å². The highest BCUT2D eigenvalue weighted by Gasteiger charge is 2.29. The number of esters is 2. The van der Waals surface area contributed by atoms with Gasteiger partial charge in [-0.3, -0.25) is 9.59 Å². The smallest absolute Gasteiger partial charge is 0.338 e. The second kappa shape index (κ2) is 9.47. The Morgan fingerprint density at radius 2 is 1.75 bits per heavy atom. The van der Waals surface area contributed by atoms with Crippen LogP contribution in [0.25, 0.3) is 6.08 Å². The third kappa shape index (κ3) is 5.03. The number of hydrogen-bond acceptors (Lipinski definition) is 7. The molecule has 32 heavy (non-hydrogen) atoms. The van der Waals surface area contributed by atoms with Gasteiger partial charge in [0.2, 0.25) is 0 Å². The fourth-order valence-electron chi connectivity index (χ4n) is 3.06. The number of carbonyl (C=O) groups excluding carboxylic acids is 3. The van der Waals surface area contributed by atoms with Gasteiger partial charge in [0, 0.05) is 6.92 Å². The van der Waals surface area contributed by atoms with E-state index in [1.807, 2.05) is 0 Å². The summed E-state index contributed by atoms with van der Waals surface area (Å²) >= 11 is 0. The number of carbonyl (C=O) groups is 3. The van der Waals surface area contributed by atoms with Crippen molar-refractivity contribution in [3.8, 4) is 11.5 Å². The summed E-state index contributed by atoms with van der Waals surface area (Å²) in [4.78, 5) is 36.2. The monoisotopic (exact) mass is 436 g/mol. The van der Waals surface area contributed by atoms with E-state index in [1.54, 1.807) is 69.3 Å². The average molecular weight is 436 g/mol. The van der Waals surface area contributed by atoms with Crippen molar-refractivity contribution in [2.24, 2.45) is 5.10 Å². The topological polar surface area (TPSA) is 94.5 Å². The molecule has 2 aromatic rings. The van der Waals surface area contributed by atoms with Crippen molar-refractivity contribution in [1.82, 2.24) is 0 Å². The summed E-state index contributed by atoms with van der Waals surface area (Å²) in [5, 5.41) is 5.64. The number of hydrazone groups is 1. The van der Waals surface area contributed by atoms with Crippen molar-refractivity contribution in [3.05, 3.63) is 59.2 Å². The van der Waals surface area contributed by atoms with Crippen LogP contribution < -0.4 is 14.5 Å². The Bertz CT molecular complexity index is 1120. The largest absolute Gasteiger partial charge is 0.493 e. The van der Waals surface area contributed by atoms with Gasteiger partial charge in [0.05, 0.1) is 35.7 Å². The minimum Gasteiger partial charge on any atom is -0.493 e. The summed E-state index contributed by atoms with van der Waals surface area (Å²) in [7, 11) is 1.47. The van der Waals surface area contributed by atoms with Gasteiger partial charge in [-0.1, -0.05) is 6.07 Å². The highest BCUT2D eigenvalue weighted by molar-refractivity contribution is 6.32. The number of rotatable bonds is 6. The third-order valence-corrected chi connectivity index (χ3v) is 4.51. The van der Waals surface area contributed by atoms with Crippen molar-refractivity contribution in [1.29, 1.82) is 0 Å². The number of benzene rings is 2. The molecule has 0 aromatic heterocycles. The quantitative estimate of drug-likeness (QED) is 0.386. The van der Waals surface area contributed by atoms with Crippen LogP contribution in [0.4, 0.5) is 5.69 Å². The summed E-state index contributed by atoms with van der Waals surface area (Å²) in [6.45, 7) is 6.60. The van der Waals surface area contributed by atoms with E-state index < -0.39 is 11.9 Å². The molecule has 0 unspecified atom stereocenters. The molecule has 8 heteroatoms. The minimum absolute atomic E-state index is 0.219. The number of hydrogen-bond donors (Lipinski definition) is 0. The van der Waals surface area contributed by atoms with Crippen LogP contribution >= 0.6 is 0 Å². The molecule has 0 saturated heterocycles. The highest BCUT2D eigenvalue weighted by atomic mass is 16.6. The molecule has 0 aliphatic carbocycles. The van der Waals surface area contributed by atoms with Crippen LogP contribution in [0, 0.1) is 0 Å². The molecule has 0 radical (unpaired) electrons. The van der Waals surface area contributed by atoms with Crippen molar-refractivity contribution in [3.63, 3.8) is 0 Å². The molecule has 1 aliphatic rings. The predicted molar refractivity (Wildman–Crippen MR) is 120 cm³/mol. The first-order chi connectivity index (χ1) is 15.2. The summed E-state index contributed by atoms with van der Waals surface area (Å²) in [5.74, 6) is -0.519. The molecular weight excluding hydrogens is 412 g/mol. The lowest BCUT2D eigenvalue weighted by atomic mass is 10.1. The Morgan fingerprint density at radius 3 is 2.34 bits per heavy atom. The first-order valence-corrected chi connectivity index (χ1v) is 9.99. The predicted octanol–water partition coefficient (Wildman–Crippen LogP) is 3.99. The number of nitrogens with zero attached hydrogens (tertiary/aromatic N) is 2. The molecule has 1 heterocycles. The lowest BCUT2D eigenvalue weighted by molar-refractivity contribution is -0.132. The van der Waals surface area contributed by atoms with Crippen molar-refractivity contribution in [2.45, 2.75) is 33.8 Å². The van der Waals surface area contributed by atoms with Crippen molar-refractivity contribution >= 4 is 35.3 Å². The lowest BCUT2D eigenvalue weighted by Gasteiger charge is -2.13. The van der Waals surface area contributed by atoms with E-state index in [-0.39, 0.29) is 12.0 Å². The summed E-state index contributed by atoms with van der Waals surface area (Å²) in [5.41, 5.74) is 2.56. The normalized spacial score (nSPS) is 14.6. The first kappa shape index (κ1) is 22.7. The van der Waals surface area contributed by atoms with E-state index in [0.29, 0.717) is 39.6 Å². The molecule has 8 nitrogen and oxygen atoms in total. The molecule has 1 amide bonds. The van der Waals surface area contributed by atoms with Gasteiger partial charge < -0.3 is 14.2 Å². The van der Waals surface area contributed by atoms with Gasteiger partial charge in [-0.15, -0.1) is 0 Å². The molecule has 2 aromatic carbocycles. The first-order valence-electron chi connectivity index (χ1n) is 9.99. The average Bonchev–Trinajstić information content (AvgIpc) is 3.02. The van der Waals surface area contributed by atoms with E-state index in [4.69, 9.17) is 14.2 Å². The van der Waals surface area contributed by atoms with Gasteiger partial charge in [-0.05, 0) is 68.8 Å². The number of ether oxygens (including phenoxy) is 3. The van der Waals surface area contributed by atoms with E-state index in [9.17, 15) is 14.4 Å². The van der Waals surface area contributed by atoms with Crippen LogP contribution in [0.1, 0.15) is 43.6 Å². The standard InChI is InChI=1S/C24H24N2O6/c1-14(2)31-24(29)18-7-9-19(10-8-18)26-23(28)20(15(3)25-26)12-17-6-11-21(32-16(4)27)22(13-17)30-5/h6-14H,1-5H3/b20-12+. The van der Waals surface area contributed by atoms with Crippen molar-refractivity contribution < 1.29 is 28.6 Å². The number of methoxy groups -OCH3 is 1. The molecule has 0 fully saturated rings. The maximum absolute atomic E-state index is 13.0. The van der Waals surface area contributed by atoms with Crippen LogP contribution in [0.5, 0.6) is 11.5 Å². The number of anilines is 1. The van der Waals surface area contributed by atoms with E-state index in [2.05, 4.69) is 5.10 Å². The van der Waals surface area contributed by atoms with Crippen LogP contribution in [0.15, 0.2) is 53.1 Å². The maximum Gasteiger partial charge on any atom is 0.338 e. The maximum atomic E-state index is 13.0. The fraction of sp³-hybridized carbons (Fsp3) is 0.250. The van der Waals surface area contributed by atoms with Crippen LogP contribution in [-0.2, 0) is 14.3 Å². The minimum atomic E-state index is -0.456. The SMILES string of the molecule is COc1cc(/C=C2/C(=O)N(c3ccc(C(=O)OC(C)C)cc3)N=C2C)ccc1OC(C)=O.